The Labute approximate surface area is 189 Å². The van der Waals surface area contributed by atoms with Crippen molar-refractivity contribution in [2.24, 2.45) is 0 Å². The van der Waals surface area contributed by atoms with Crippen LogP contribution in [-0.4, -0.2) is 35.4 Å². The Morgan fingerprint density at radius 3 is 2.70 bits per heavy atom. The van der Waals surface area contributed by atoms with Crippen LogP contribution >= 0.6 is 0 Å². The van der Waals surface area contributed by atoms with Crippen molar-refractivity contribution < 1.29 is 18.8 Å². The number of nitrogens with zero attached hydrogens (tertiary/aromatic N) is 2. The molecule has 1 spiro atoms. The molecule has 0 unspecified atom stereocenters. The average molecular weight is 447 g/mol. The maximum Gasteiger partial charge on any atom is 0.256 e. The quantitative estimate of drug-likeness (QED) is 0.473. The monoisotopic (exact) mass is 447 g/mol. The van der Waals surface area contributed by atoms with Crippen LogP contribution in [0, 0.1) is 15.9 Å². The molecule has 0 saturated carbocycles. The molecule has 3 aromatic rings. The van der Waals surface area contributed by atoms with Crippen LogP contribution in [0.5, 0.6) is 5.75 Å². The molecular weight excluding hydrogens is 425 g/mol. The highest BCUT2D eigenvalue weighted by Gasteiger charge is 2.68. The smallest absolute Gasteiger partial charge is 0.256 e. The van der Waals surface area contributed by atoms with Gasteiger partial charge in [-0.1, -0.05) is 48.5 Å². The minimum absolute atomic E-state index is 0.120. The number of likely N-dealkylation sites (tertiary alicyclic amines) is 1. The highest BCUT2D eigenvalue weighted by molar-refractivity contribution is 6.06. The van der Waals surface area contributed by atoms with Crippen molar-refractivity contribution in [1.29, 1.82) is 0 Å². The molecule has 1 N–H and O–H groups in total. The second-order valence-electron chi connectivity index (χ2n) is 8.44. The number of rotatable bonds is 5. The van der Waals surface area contributed by atoms with Crippen molar-refractivity contribution in [2.75, 3.05) is 18.9 Å². The summed E-state index contributed by atoms with van der Waals surface area (Å²) < 4.78 is 19.5. The number of carbonyl (C=O) groups is 1. The molecule has 3 atom stereocenters. The van der Waals surface area contributed by atoms with Gasteiger partial charge in [0.15, 0.2) is 5.54 Å². The average Bonchev–Trinajstić information content (AvgIpc) is 3.28. The number of fused-ring (bicyclic) bond motifs is 2. The molecule has 1 fully saturated rings. The van der Waals surface area contributed by atoms with E-state index in [-0.39, 0.29) is 17.3 Å². The van der Waals surface area contributed by atoms with E-state index in [1.54, 1.807) is 72.6 Å². The van der Waals surface area contributed by atoms with Crippen LogP contribution in [0.3, 0.4) is 0 Å². The zero-order valence-electron chi connectivity index (χ0n) is 17.9. The van der Waals surface area contributed by atoms with Gasteiger partial charge in [-0.15, -0.1) is 0 Å². The first-order valence-corrected chi connectivity index (χ1v) is 10.6. The number of nitrogens with one attached hydrogen (secondary N) is 1. The SMILES string of the molecule is CN1C[C@H](c2ccccc2OCc2cccc(F)c2)[C@@H]([N+](=O)[O-])[C@]12C(=O)Nc1ccccc12. The van der Waals surface area contributed by atoms with Crippen molar-refractivity contribution in [3.05, 3.63) is 105 Å². The third kappa shape index (κ3) is 3.25. The molecule has 2 heterocycles. The normalized spacial score (nSPS) is 24.0. The van der Waals surface area contributed by atoms with E-state index in [1.807, 2.05) is 0 Å². The van der Waals surface area contributed by atoms with E-state index in [0.717, 1.165) is 0 Å². The van der Waals surface area contributed by atoms with E-state index in [2.05, 4.69) is 5.32 Å². The molecule has 3 aromatic carbocycles. The van der Waals surface area contributed by atoms with Crippen LogP contribution in [0.15, 0.2) is 72.8 Å². The van der Waals surface area contributed by atoms with Crippen LogP contribution in [-0.2, 0) is 16.9 Å². The molecule has 5 rings (SSSR count). The first kappa shape index (κ1) is 21.1. The van der Waals surface area contributed by atoms with Gasteiger partial charge < -0.3 is 10.1 Å². The first-order valence-electron chi connectivity index (χ1n) is 10.6. The summed E-state index contributed by atoms with van der Waals surface area (Å²) in [5.74, 6) is -0.863. The minimum Gasteiger partial charge on any atom is -0.489 e. The zero-order chi connectivity index (χ0) is 23.2. The lowest BCUT2D eigenvalue weighted by Gasteiger charge is -2.30. The van der Waals surface area contributed by atoms with Crippen molar-refractivity contribution in [1.82, 2.24) is 4.90 Å². The van der Waals surface area contributed by atoms with Crippen LogP contribution < -0.4 is 10.1 Å². The molecule has 1 amide bonds. The fourth-order valence-electron chi connectivity index (χ4n) is 5.27. The maximum atomic E-state index is 13.6. The van der Waals surface area contributed by atoms with Crippen LogP contribution in [0.4, 0.5) is 10.1 Å². The number of hydrogen-bond donors (Lipinski definition) is 1. The predicted molar refractivity (Wildman–Crippen MR) is 120 cm³/mol. The molecule has 168 valence electrons. The summed E-state index contributed by atoms with van der Waals surface area (Å²) >= 11 is 0. The molecule has 0 aromatic heterocycles. The highest BCUT2D eigenvalue weighted by atomic mass is 19.1. The second-order valence-corrected chi connectivity index (χ2v) is 8.44. The lowest BCUT2D eigenvalue weighted by molar-refractivity contribution is -0.534. The number of para-hydroxylation sites is 2. The van der Waals surface area contributed by atoms with E-state index in [1.165, 1.54) is 12.1 Å². The summed E-state index contributed by atoms with van der Waals surface area (Å²) in [6.07, 6.45) is 0. The second kappa shape index (κ2) is 7.97. The number of likely N-dealkylation sites (N-methyl/N-ethyl adjacent to an activating group) is 1. The molecule has 0 aliphatic carbocycles. The van der Waals surface area contributed by atoms with Crippen LogP contribution in [0.1, 0.15) is 22.6 Å². The molecule has 2 aliphatic heterocycles. The third-order valence-corrected chi connectivity index (χ3v) is 6.64. The molecule has 0 radical (unpaired) electrons. The van der Waals surface area contributed by atoms with Gasteiger partial charge in [-0.3, -0.25) is 19.8 Å². The van der Waals surface area contributed by atoms with Crippen molar-refractivity contribution in [3.8, 4) is 5.75 Å². The Balaban J connectivity index is 1.55. The van der Waals surface area contributed by atoms with Crippen LogP contribution in [0.25, 0.3) is 0 Å². The number of amides is 1. The topological polar surface area (TPSA) is 84.7 Å². The number of hydrogen-bond acceptors (Lipinski definition) is 5. The summed E-state index contributed by atoms with van der Waals surface area (Å²) in [4.78, 5) is 27.2. The Morgan fingerprint density at radius 2 is 1.91 bits per heavy atom. The van der Waals surface area contributed by atoms with Crippen LogP contribution in [0.2, 0.25) is 0 Å². The Morgan fingerprint density at radius 1 is 1.15 bits per heavy atom. The largest absolute Gasteiger partial charge is 0.489 e. The van der Waals surface area contributed by atoms with E-state index in [9.17, 15) is 19.3 Å². The number of anilines is 1. The highest BCUT2D eigenvalue weighted by Crippen LogP contribution is 2.52. The Bertz CT molecular complexity index is 1250. The van der Waals surface area contributed by atoms with E-state index in [4.69, 9.17) is 4.74 Å². The standard InChI is InChI=1S/C25H22FN3O4/c1-28-14-19(18-9-2-5-12-22(18)33-15-16-7-6-8-17(26)13-16)23(29(31)32)25(28)20-10-3-4-11-21(20)27-24(25)30/h2-13,19,23H,14-15H2,1H3,(H,27,30)/t19-,23-,25-/m1/s1. The maximum absolute atomic E-state index is 13.6. The molecule has 8 heteroatoms. The molecule has 33 heavy (non-hydrogen) atoms. The molecule has 7 nitrogen and oxygen atoms in total. The number of ether oxygens (including phenoxy) is 1. The van der Waals surface area contributed by atoms with Gasteiger partial charge >= 0.3 is 0 Å². The lowest BCUT2D eigenvalue weighted by atomic mass is 9.79. The number of benzene rings is 3. The first-order chi connectivity index (χ1) is 15.9. The number of nitro groups is 1. The Kier molecular flexibility index (Phi) is 5.09. The molecule has 2 aliphatic rings. The Hall–Kier alpha value is -3.78. The number of carbonyl (C=O) groups excluding carboxylic acids is 1. The third-order valence-electron chi connectivity index (χ3n) is 6.64. The summed E-state index contributed by atoms with van der Waals surface area (Å²) in [5, 5.41) is 15.3. The van der Waals surface area contributed by atoms with Gasteiger partial charge in [0.1, 0.15) is 18.2 Å². The molecular formula is C25H22FN3O4. The van der Waals surface area contributed by atoms with Crippen molar-refractivity contribution in [2.45, 2.75) is 24.1 Å². The van der Waals surface area contributed by atoms with E-state index < -0.39 is 23.4 Å². The van der Waals surface area contributed by atoms with E-state index >= 15 is 0 Å². The minimum atomic E-state index is -1.42. The fraction of sp³-hybridized carbons (Fsp3) is 0.240. The van der Waals surface area contributed by atoms with Gasteiger partial charge in [-0.2, -0.15) is 0 Å². The molecule has 1 saturated heterocycles. The van der Waals surface area contributed by atoms with Gasteiger partial charge in [0.05, 0.1) is 5.92 Å². The summed E-state index contributed by atoms with van der Waals surface area (Å²) in [5.41, 5.74) is 1.09. The van der Waals surface area contributed by atoms with Gasteiger partial charge in [-0.25, -0.2) is 4.39 Å². The van der Waals surface area contributed by atoms with Gasteiger partial charge in [0.25, 0.3) is 11.9 Å². The van der Waals surface area contributed by atoms with Gasteiger partial charge in [0.2, 0.25) is 0 Å². The molecule has 0 bridgehead atoms. The summed E-state index contributed by atoms with van der Waals surface area (Å²) in [6.45, 7) is 0.419. The number of halogens is 1. The fourth-order valence-corrected chi connectivity index (χ4v) is 5.27. The van der Waals surface area contributed by atoms with E-state index in [0.29, 0.717) is 34.7 Å². The summed E-state index contributed by atoms with van der Waals surface area (Å²) in [7, 11) is 1.74. The zero-order valence-corrected chi connectivity index (χ0v) is 17.9. The van der Waals surface area contributed by atoms with Crippen molar-refractivity contribution in [3.63, 3.8) is 0 Å². The van der Waals surface area contributed by atoms with Gasteiger partial charge in [0, 0.05) is 28.3 Å². The summed E-state index contributed by atoms with van der Waals surface area (Å²) in [6, 6.07) is 19.1. The lowest BCUT2D eigenvalue weighted by Crippen LogP contribution is -2.54. The predicted octanol–water partition coefficient (Wildman–Crippen LogP) is 3.93. The van der Waals surface area contributed by atoms with Gasteiger partial charge in [-0.05, 0) is 36.9 Å². The van der Waals surface area contributed by atoms with Crippen molar-refractivity contribution >= 4 is 11.6 Å².